The Labute approximate surface area is 182 Å². The van der Waals surface area contributed by atoms with E-state index < -0.39 is 23.9 Å². The molecule has 0 aromatic heterocycles. The number of esters is 1. The number of benzene rings is 2. The average Bonchev–Trinajstić information content (AvgIpc) is 2.89. The standard InChI is InChI=1S/C24H28N2O5/c1-2-31-24(30)20(15-12-17-8-4-3-5-9-17)25-26-21-11-7-6-10-18(21)13-14-19(23(26)29)16-22(27)28/h3-11,19-20,25H,2,12-16H2,1H3,(H,27,28)/t19?,20-/m0/s1. The van der Waals surface area contributed by atoms with Gasteiger partial charge in [0.25, 0.3) is 0 Å². The van der Waals surface area contributed by atoms with E-state index in [0.29, 0.717) is 31.4 Å². The summed E-state index contributed by atoms with van der Waals surface area (Å²) in [6.45, 7) is 1.97. The Hall–Kier alpha value is -3.19. The van der Waals surface area contributed by atoms with E-state index in [9.17, 15) is 19.5 Å². The van der Waals surface area contributed by atoms with Gasteiger partial charge in [-0.05, 0) is 49.8 Å². The third-order valence-corrected chi connectivity index (χ3v) is 5.41. The Balaban J connectivity index is 1.87. The van der Waals surface area contributed by atoms with E-state index >= 15 is 0 Å². The van der Waals surface area contributed by atoms with Gasteiger partial charge >= 0.3 is 11.9 Å². The Morgan fingerprint density at radius 3 is 2.58 bits per heavy atom. The van der Waals surface area contributed by atoms with Crippen LogP contribution in [0.3, 0.4) is 0 Å². The first-order chi connectivity index (χ1) is 15.0. The van der Waals surface area contributed by atoms with Crippen LogP contribution in [-0.2, 0) is 32.0 Å². The highest BCUT2D eigenvalue weighted by Crippen LogP contribution is 2.30. The number of nitrogens with zero attached hydrogens (tertiary/aromatic N) is 1. The lowest BCUT2D eigenvalue weighted by Crippen LogP contribution is -2.53. The number of nitrogens with one attached hydrogen (secondary N) is 1. The zero-order chi connectivity index (χ0) is 22.2. The van der Waals surface area contributed by atoms with Crippen molar-refractivity contribution in [3.8, 4) is 0 Å². The predicted octanol–water partition coefficient (Wildman–Crippen LogP) is 3.13. The Morgan fingerprint density at radius 1 is 1.16 bits per heavy atom. The topological polar surface area (TPSA) is 95.9 Å². The summed E-state index contributed by atoms with van der Waals surface area (Å²) in [6, 6.07) is 16.5. The molecule has 0 saturated heterocycles. The van der Waals surface area contributed by atoms with Gasteiger partial charge in [-0.1, -0.05) is 48.5 Å². The van der Waals surface area contributed by atoms with E-state index in [1.165, 1.54) is 5.01 Å². The van der Waals surface area contributed by atoms with Crippen molar-refractivity contribution in [3.05, 3.63) is 65.7 Å². The highest BCUT2D eigenvalue weighted by molar-refractivity contribution is 5.97. The number of hydrogen-bond acceptors (Lipinski definition) is 5. The summed E-state index contributed by atoms with van der Waals surface area (Å²) in [5, 5.41) is 10.6. The molecule has 0 spiro atoms. The summed E-state index contributed by atoms with van der Waals surface area (Å²) in [5.74, 6) is -2.48. The molecule has 0 radical (unpaired) electrons. The molecule has 1 amide bonds. The van der Waals surface area contributed by atoms with Gasteiger partial charge in [-0.2, -0.15) is 0 Å². The summed E-state index contributed by atoms with van der Waals surface area (Å²) in [5.41, 5.74) is 5.73. The molecule has 1 unspecified atom stereocenters. The Kier molecular flexibility index (Phi) is 7.78. The van der Waals surface area contributed by atoms with Crippen LogP contribution < -0.4 is 10.4 Å². The van der Waals surface area contributed by atoms with Crippen molar-refractivity contribution in [2.75, 3.05) is 11.6 Å². The molecule has 0 saturated carbocycles. The first kappa shape index (κ1) is 22.5. The SMILES string of the molecule is CCOC(=O)[C@H](CCc1ccccc1)NN1C(=O)C(CC(=O)O)CCc2ccccc21. The van der Waals surface area contributed by atoms with Gasteiger partial charge in [0.2, 0.25) is 5.91 Å². The number of amides is 1. The number of rotatable bonds is 9. The van der Waals surface area contributed by atoms with E-state index in [1.54, 1.807) is 6.92 Å². The molecule has 0 fully saturated rings. The van der Waals surface area contributed by atoms with Crippen molar-refractivity contribution < 1.29 is 24.2 Å². The summed E-state index contributed by atoms with van der Waals surface area (Å²) < 4.78 is 5.25. The van der Waals surface area contributed by atoms with E-state index in [1.807, 2.05) is 54.6 Å². The first-order valence-electron chi connectivity index (χ1n) is 10.6. The fraction of sp³-hybridized carbons (Fsp3) is 0.375. The number of para-hydroxylation sites is 1. The van der Waals surface area contributed by atoms with Gasteiger partial charge in [0.1, 0.15) is 6.04 Å². The van der Waals surface area contributed by atoms with Crippen LogP contribution in [0.2, 0.25) is 0 Å². The third kappa shape index (κ3) is 5.92. The molecule has 2 aromatic rings. The molecule has 7 nitrogen and oxygen atoms in total. The molecule has 1 aliphatic heterocycles. The zero-order valence-electron chi connectivity index (χ0n) is 17.6. The minimum absolute atomic E-state index is 0.231. The summed E-state index contributed by atoms with van der Waals surface area (Å²) in [7, 11) is 0. The van der Waals surface area contributed by atoms with Crippen LogP contribution in [0.5, 0.6) is 0 Å². The van der Waals surface area contributed by atoms with E-state index in [0.717, 1.165) is 11.1 Å². The number of carboxylic acids is 1. The van der Waals surface area contributed by atoms with Crippen LogP contribution in [0.4, 0.5) is 5.69 Å². The number of carbonyl (C=O) groups is 3. The molecule has 2 atom stereocenters. The maximum Gasteiger partial charge on any atom is 0.324 e. The minimum atomic E-state index is -1.02. The molecule has 31 heavy (non-hydrogen) atoms. The second-order valence-corrected chi connectivity index (χ2v) is 7.59. The molecule has 2 aromatic carbocycles. The number of aliphatic carboxylic acids is 1. The first-order valence-corrected chi connectivity index (χ1v) is 10.6. The second kappa shape index (κ2) is 10.7. The smallest absolute Gasteiger partial charge is 0.324 e. The molecule has 0 aliphatic carbocycles. The van der Waals surface area contributed by atoms with E-state index in [2.05, 4.69) is 5.43 Å². The van der Waals surface area contributed by atoms with E-state index in [-0.39, 0.29) is 18.9 Å². The lowest BCUT2D eigenvalue weighted by Gasteiger charge is -2.30. The number of aryl methyl sites for hydroxylation is 2. The largest absolute Gasteiger partial charge is 0.481 e. The highest BCUT2D eigenvalue weighted by atomic mass is 16.5. The van der Waals surface area contributed by atoms with Gasteiger partial charge in [-0.25, -0.2) is 10.4 Å². The Morgan fingerprint density at radius 2 is 1.87 bits per heavy atom. The van der Waals surface area contributed by atoms with Crippen molar-refractivity contribution in [2.24, 2.45) is 5.92 Å². The molecule has 164 valence electrons. The van der Waals surface area contributed by atoms with Gasteiger partial charge in [0.15, 0.2) is 0 Å². The van der Waals surface area contributed by atoms with Crippen LogP contribution in [-0.4, -0.2) is 35.6 Å². The average molecular weight is 424 g/mol. The molecular weight excluding hydrogens is 396 g/mol. The zero-order valence-corrected chi connectivity index (χ0v) is 17.6. The van der Waals surface area contributed by atoms with Gasteiger partial charge < -0.3 is 9.84 Å². The molecular formula is C24H28N2O5. The van der Waals surface area contributed by atoms with Crippen LogP contribution in [0, 0.1) is 5.92 Å². The minimum Gasteiger partial charge on any atom is -0.481 e. The lowest BCUT2D eigenvalue weighted by atomic mass is 9.97. The van der Waals surface area contributed by atoms with Gasteiger partial charge in [-0.3, -0.25) is 14.4 Å². The van der Waals surface area contributed by atoms with E-state index in [4.69, 9.17) is 4.74 Å². The molecule has 3 rings (SSSR count). The molecule has 1 aliphatic rings. The number of anilines is 1. The fourth-order valence-corrected chi connectivity index (χ4v) is 3.82. The number of carbonyl (C=O) groups excluding carboxylic acids is 2. The number of ether oxygens (including phenoxy) is 1. The molecule has 1 heterocycles. The number of fused-ring (bicyclic) bond motifs is 1. The number of carboxylic acid groups (broad SMARTS) is 1. The second-order valence-electron chi connectivity index (χ2n) is 7.59. The monoisotopic (exact) mass is 424 g/mol. The Bertz CT molecular complexity index is 915. The molecule has 0 bridgehead atoms. The number of hydrogen-bond donors (Lipinski definition) is 2. The van der Waals surface area contributed by atoms with Crippen molar-refractivity contribution in [3.63, 3.8) is 0 Å². The summed E-state index contributed by atoms with van der Waals surface area (Å²) in [4.78, 5) is 37.3. The fourth-order valence-electron chi connectivity index (χ4n) is 3.82. The van der Waals surface area contributed by atoms with Crippen molar-refractivity contribution in [1.82, 2.24) is 5.43 Å². The van der Waals surface area contributed by atoms with Gasteiger partial charge in [0, 0.05) is 0 Å². The van der Waals surface area contributed by atoms with Crippen molar-refractivity contribution >= 4 is 23.5 Å². The van der Waals surface area contributed by atoms with Crippen molar-refractivity contribution in [1.29, 1.82) is 0 Å². The summed E-state index contributed by atoms with van der Waals surface area (Å²) in [6.07, 6.45) is 1.83. The van der Waals surface area contributed by atoms with Crippen LogP contribution in [0.1, 0.15) is 37.3 Å². The highest BCUT2D eigenvalue weighted by Gasteiger charge is 2.34. The van der Waals surface area contributed by atoms with Crippen LogP contribution >= 0.6 is 0 Å². The van der Waals surface area contributed by atoms with Crippen LogP contribution in [0.25, 0.3) is 0 Å². The molecule has 2 N–H and O–H groups in total. The normalized spacial score (nSPS) is 16.9. The third-order valence-electron chi connectivity index (χ3n) is 5.41. The molecule has 7 heteroatoms. The number of hydrazine groups is 1. The maximum absolute atomic E-state index is 13.3. The van der Waals surface area contributed by atoms with Crippen LogP contribution in [0.15, 0.2) is 54.6 Å². The van der Waals surface area contributed by atoms with Gasteiger partial charge in [-0.15, -0.1) is 0 Å². The maximum atomic E-state index is 13.3. The predicted molar refractivity (Wildman–Crippen MR) is 116 cm³/mol. The van der Waals surface area contributed by atoms with Gasteiger partial charge in [0.05, 0.1) is 24.6 Å². The lowest BCUT2D eigenvalue weighted by molar-refractivity contribution is -0.146. The van der Waals surface area contributed by atoms with Crippen molar-refractivity contribution in [2.45, 2.75) is 45.1 Å². The quantitative estimate of drug-likeness (QED) is 0.601. The summed E-state index contributed by atoms with van der Waals surface area (Å²) >= 11 is 0.